The maximum atomic E-state index is 12.3. The summed E-state index contributed by atoms with van der Waals surface area (Å²) in [5.74, 6) is 0.0562. The van der Waals surface area contributed by atoms with Gasteiger partial charge in [-0.3, -0.25) is 9.10 Å². The minimum atomic E-state index is -3.65. The van der Waals surface area contributed by atoms with Gasteiger partial charge in [-0.25, -0.2) is 8.42 Å². The zero-order valence-electron chi connectivity index (χ0n) is 16.2. The summed E-state index contributed by atoms with van der Waals surface area (Å²) < 4.78 is 30.4. The van der Waals surface area contributed by atoms with Crippen LogP contribution in [0.5, 0.6) is 5.75 Å². The van der Waals surface area contributed by atoms with Crippen molar-refractivity contribution >= 4 is 33.2 Å². The average molecular weight is 425 g/mol. The van der Waals surface area contributed by atoms with Crippen LogP contribution in [0.3, 0.4) is 0 Å². The molecule has 0 spiro atoms. The van der Waals surface area contributed by atoms with E-state index in [0.29, 0.717) is 18.0 Å². The number of carbonyl (C=O) groups excluding carboxylic acids is 1. The Kier molecular flexibility index (Phi) is 7.71. The number of nitrogens with zero attached hydrogens (tertiary/aromatic N) is 1. The minimum Gasteiger partial charge on any atom is -0.495 e. The Balaban J connectivity index is 1.94. The standard InChI is InChI=1S/C20H25ClN2O4S/c1-15-6-8-16(9-7-15)5-4-12-22-20(24)14-23(28(3,25)26)17-10-11-19(27-2)18(21)13-17/h6-11,13H,4-5,12,14H2,1-3H3,(H,22,24). The summed E-state index contributed by atoms with van der Waals surface area (Å²) in [4.78, 5) is 12.3. The number of amides is 1. The molecule has 152 valence electrons. The Morgan fingerprint density at radius 3 is 2.43 bits per heavy atom. The molecule has 0 aliphatic rings. The number of sulfonamides is 1. The summed E-state index contributed by atoms with van der Waals surface area (Å²) in [7, 11) is -2.18. The maximum Gasteiger partial charge on any atom is 0.240 e. The highest BCUT2D eigenvalue weighted by molar-refractivity contribution is 7.92. The van der Waals surface area contributed by atoms with Gasteiger partial charge in [-0.05, 0) is 43.5 Å². The van der Waals surface area contributed by atoms with E-state index in [9.17, 15) is 13.2 Å². The molecular formula is C20H25ClN2O4S. The fourth-order valence-electron chi connectivity index (χ4n) is 2.67. The molecule has 0 saturated heterocycles. The highest BCUT2D eigenvalue weighted by Gasteiger charge is 2.21. The average Bonchev–Trinajstić information content (AvgIpc) is 2.64. The van der Waals surface area contributed by atoms with E-state index < -0.39 is 10.0 Å². The quantitative estimate of drug-likeness (QED) is 0.627. The van der Waals surface area contributed by atoms with Crippen LogP contribution < -0.4 is 14.4 Å². The summed E-state index contributed by atoms with van der Waals surface area (Å²) in [5, 5.41) is 3.04. The van der Waals surface area contributed by atoms with Crippen LogP contribution in [0.1, 0.15) is 17.5 Å². The summed E-state index contributed by atoms with van der Waals surface area (Å²) >= 11 is 6.08. The van der Waals surface area contributed by atoms with Crippen molar-refractivity contribution in [2.24, 2.45) is 0 Å². The smallest absolute Gasteiger partial charge is 0.240 e. The van der Waals surface area contributed by atoms with Crippen molar-refractivity contribution in [2.45, 2.75) is 19.8 Å². The summed E-state index contributed by atoms with van der Waals surface area (Å²) in [6.07, 6.45) is 2.66. The number of ether oxygens (including phenoxy) is 1. The zero-order valence-corrected chi connectivity index (χ0v) is 17.8. The van der Waals surface area contributed by atoms with Crippen LogP contribution in [0.4, 0.5) is 5.69 Å². The Labute approximate surface area is 171 Å². The first-order valence-corrected chi connectivity index (χ1v) is 11.1. The molecule has 1 amide bonds. The Morgan fingerprint density at radius 1 is 1.18 bits per heavy atom. The third kappa shape index (κ3) is 6.42. The van der Waals surface area contributed by atoms with Crippen molar-refractivity contribution in [2.75, 3.05) is 30.8 Å². The fraction of sp³-hybridized carbons (Fsp3) is 0.350. The van der Waals surface area contributed by atoms with Crippen molar-refractivity contribution in [1.82, 2.24) is 5.32 Å². The SMILES string of the molecule is COc1ccc(N(CC(=O)NCCCc2ccc(C)cc2)S(C)(=O)=O)cc1Cl. The van der Waals surface area contributed by atoms with Crippen molar-refractivity contribution < 1.29 is 17.9 Å². The predicted molar refractivity (Wildman–Crippen MR) is 113 cm³/mol. The molecule has 0 aromatic heterocycles. The Hall–Kier alpha value is -2.25. The number of anilines is 1. The van der Waals surface area contributed by atoms with Gasteiger partial charge in [0.1, 0.15) is 12.3 Å². The van der Waals surface area contributed by atoms with Crippen LogP contribution in [-0.4, -0.2) is 40.8 Å². The second-order valence-corrected chi connectivity index (χ2v) is 8.84. The van der Waals surface area contributed by atoms with Crippen molar-refractivity contribution in [3.05, 3.63) is 58.6 Å². The molecule has 0 heterocycles. The first-order chi connectivity index (χ1) is 13.2. The summed E-state index contributed by atoms with van der Waals surface area (Å²) in [5.41, 5.74) is 2.71. The molecule has 2 rings (SSSR count). The topological polar surface area (TPSA) is 75.7 Å². The molecule has 0 aliphatic carbocycles. The lowest BCUT2D eigenvalue weighted by Crippen LogP contribution is -2.40. The van der Waals surface area contributed by atoms with Gasteiger partial charge in [0.15, 0.2) is 0 Å². The van der Waals surface area contributed by atoms with E-state index in [-0.39, 0.29) is 17.5 Å². The Morgan fingerprint density at radius 2 is 1.86 bits per heavy atom. The van der Waals surface area contributed by atoms with Gasteiger partial charge in [-0.15, -0.1) is 0 Å². The van der Waals surface area contributed by atoms with Gasteiger partial charge in [0.2, 0.25) is 15.9 Å². The lowest BCUT2D eigenvalue weighted by Gasteiger charge is -2.22. The van der Waals surface area contributed by atoms with Gasteiger partial charge in [-0.1, -0.05) is 41.4 Å². The second kappa shape index (κ2) is 9.80. The van der Waals surface area contributed by atoms with Crippen molar-refractivity contribution in [3.8, 4) is 5.75 Å². The van der Waals surface area contributed by atoms with Crippen LogP contribution in [0.25, 0.3) is 0 Å². The van der Waals surface area contributed by atoms with Gasteiger partial charge < -0.3 is 10.1 Å². The number of hydrogen-bond donors (Lipinski definition) is 1. The molecule has 2 aromatic rings. The third-order valence-corrected chi connectivity index (χ3v) is 5.63. The lowest BCUT2D eigenvalue weighted by atomic mass is 10.1. The van der Waals surface area contributed by atoms with Crippen LogP contribution in [0.15, 0.2) is 42.5 Å². The van der Waals surface area contributed by atoms with Gasteiger partial charge in [0.25, 0.3) is 0 Å². The molecule has 28 heavy (non-hydrogen) atoms. The molecule has 6 nitrogen and oxygen atoms in total. The second-order valence-electron chi connectivity index (χ2n) is 6.53. The Bertz CT molecular complexity index is 914. The summed E-state index contributed by atoms with van der Waals surface area (Å²) in [6.45, 7) is 2.19. The number of rotatable bonds is 9. The number of halogens is 1. The molecule has 8 heteroatoms. The fourth-order valence-corrected chi connectivity index (χ4v) is 3.77. The molecule has 0 aliphatic heterocycles. The number of methoxy groups -OCH3 is 1. The third-order valence-electron chi connectivity index (χ3n) is 4.20. The molecule has 0 fully saturated rings. The molecule has 2 aromatic carbocycles. The first-order valence-electron chi connectivity index (χ1n) is 8.84. The van der Waals surface area contributed by atoms with Crippen LogP contribution in [-0.2, 0) is 21.2 Å². The van der Waals surface area contributed by atoms with Gasteiger partial charge in [0, 0.05) is 6.54 Å². The molecule has 0 bridgehead atoms. The van der Waals surface area contributed by atoms with Crippen LogP contribution >= 0.6 is 11.6 Å². The maximum absolute atomic E-state index is 12.3. The first kappa shape index (κ1) is 22.0. The van der Waals surface area contributed by atoms with Crippen molar-refractivity contribution in [1.29, 1.82) is 0 Å². The zero-order chi connectivity index (χ0) is 20.7. The highest BCUT2D eigenvalue weighted by atomic mass is 35.5. The summed E-state index contributed by atoms with van der Waals surface area (Å²) in [6, 6.07) is 12.8. The van der Waals surface area contributed by atoms with Crippen LogP contribution in [0, 0.1) is 6.92 Å². The number of benzene rings is 2. The molecular weight excluding hydrogens is 400 g/mol. The predicted octanol–water partition coefficient (Wildman–Crippen LogP) is 3.17. The van der Waals surface area contributed by atoms with Crippen LogP contribution in [0.2, 0.25) is 5.02 Å². The van der Waals surface area contributed by atoms with E-state index in [0.717, 1.165) is 23.4 Å². The van der Waals surface area contributed by atoms with E-state index in [1.54, 1.807) is 12.1 Å². The largest absolute Gasteiger partial charge is 0.495 e. The van der Waals surface area contributed by atoms with E-state index in [4.69, 9.17) is 16.3 Å². The van der Waals surface area contributed by atoms with Gasteiger partial charge >= 0.3 is 0 Å². The number of aryl methyl sites for hydroxylation is 2. The number of hydrogen-bond acceptors (Lipinski definition) is 4. The van der Waals surface area contributed by atoms with Gasteiger partial charge in [-0.2, -0.15) is 0 Å². The number of nitrogens with one attached hydrogen (secondary N) is 1. The molecule has 0 saturated carbocycles. The minimum absolute atomic E-state index is 0.271. The van der Waals surface area contributed by atoms with Crippen molar-refractivity contribution in [3.63, 3.8) is 0 Å². The van der Waals surface area contributed by atoms with E-state index >= 15 is 0 Å². The molecule has 0 radical (unpaired) electrons. The van der Waals surface area contributed by atoms with E-state index in [2.05, 4.69) is 29.6 Å². The van der Waals surface area contributed by atoms with E-state index in [1.165, 1.54) is 24.3 Å². The highest BCUT2D eigenvalue weighted by Crippen LogP contribution is 2.30. The van der Waals surface area contributed by atoms with E-state index in [1.807, 2.05) is 6.92 Å². The monoisotopic (exact) mass is 424 g/mol. The number of carbonyl (C=O) groups is 1. The molecule has 0 atom stereocenters. The molecule has 1 N–H and O–H groups in total. The normalized spacial score (nSPS) is 11.1. The van der Waals surface area contributed by atoms with Gasteiger partial charge in [0.05, 0.1) is 24.1 Å². The lowest BCUT2D eigenvalue weighted by molar-refractivity contribution is -0.119. The molecule has 0 unspecified atom stereocenters.